The molecule has 2 heterocycles. The van der Waals surface area contributed by atoms with Crippen LogP contribution < -0.4 is 5.32 Å². The molecule has 2 aromatic heterocycles. The topological polar surface area (TPSA) is 68.5 Å². The molecule has 27 heavy (non-hydrogen) atoms. The number of anilines is 1. The molecule has 0 aromatic carbocycles. The maximum atomic E-state index is 12.5. The van der Waals surface area contributed by atoms with Gasteiger partial charge in [0, 0.05) is 4.88 Å². The van der Waals surface area contributed by atoms with Gasteiger partial charge in [-0.1, -0.05) is 27.2 Å². The van der Waals surface area contributed by atoms with Crippen molar-refractivity contribution in [2.75, 3.05) is 12.4 Å². The lowest BCUT2D eigenvalue weighted by molar-refractivity contribution is 0.0600. The SMILES string of the molecule is CCC(C)(C)[C@H]1CCc2c(sc(NC(=O)c3ccc(C)o3)c2C(=O)OC)C1. The fraction of sp³-hybridized carbons (Fsp3) is 0.524. The van der Waals surface area contributed by atoms with Gasteiger partial charge in [-0.2, -0.15) is 0 Å². The second-order valence-corrected chi connectivity index (χ2v) is 8.95. The number of ether oxygens (including phenoxy) is 1. The Labute approximate surface area is 164 Å². The zero-order valence-corrected chi connectivity index (χ0v) is 17.4. The fourth-order valence-corrected chi connectivity index (χ4v) is 4.98. The van der Waals surface area contributed by atoms with Gasteiger partial charge < -0.3 is 14.5 Å². The molecule has 1 N–H and O–H groups in total. The van der Waals surface area contributed by atoms with Crippen molar-refractivity contribution in [3.8, 4) is 0 Å². The Kier molecular flexibility index (Phi) is 5.47. The number of carbonyl (C=O) groups excluding carboxylic acids is 2. The summed E-state index contributed by atoms with van der Waals surface area (Å²) in [6.07, 6.45) is 3.92. The first-order valence-electron chi connectivity index (χ1n) is 9.37. The fourth-order valence-electron chi connectivity index (χ4n) is 3.67. The summed E-state index contributed by atoms with van der Waals surface area (Å²) in [6, 6.07) is 3.38. The number of methoxy groups -OCH3 is 1. The molecule has 0 fully saturated rings. The van der Waals surface area contributed by atoms with Crippen LogP contribution >= 0.6 is 11.3 Å². The standard InChI is InChI=1S/C21H27NO4S/c1-6-21(3,4)13-8-9-14-16(11-13)27-19(17(14)20(24)25-5)22-18(23)15-10-7-12(2)26-15/h7,10,13H,6,8-9,11H2,1-5H3,(H,22,23)/t13-/m0/s1. The van der Waals surface area contributed by atoms with E-state index in [1.165, 1.54) is 23.3 Å². The first kappa shape index (κ1) is 19.7. The third-order valence-electron chi connectivity index (χ3n) is 5.86. The molecule has 0 unspecified atom stereocenters. The van der Waals surface area contributed by atoms with Crippen LogP contribution in [0, 0.1) is 18.3 Å². The lowest BCUT2D eigenvalue weighted by atomic mass is 9.69. The van der Waals surface area contributed by atoms with Gasteiger partial charge in [-0.05, 0) is 55.2 Å². The zero-order valence-electron chi connectivity index (χ0n) is 16.6. The van der Waals surface area contributed by atoms with Gasteiger partial charge in [0.25, 0.3) is 5.91 Å². The second-order valence-electron chi connectivity index (χ2n) is 7.85. The van der Waals surface area contributed by atoms with Gasteiger partial charge in [0.1, 0.15) is 10.8 Å². The number of nitrogens with one attached hydrogen (secondary N) is 1. The number of hydrogen-bond acceptors (Lipinski definition) is 5. The molecule has 1 aliphatic carbocycles. The third kappa shape index (κ3) is 3.81. The molecule has 1 amide bonds. The molecule has 0 bridgehead atoms. The molecule has 0 spiro atoms. The molecule has 2 aromatic rings. The van der Waals surface area contributed by atoms with Crippen molar-refractivity contribution < 1.29 is 18.7 Å². The first-order valence-corrected chi connectivity index (χ1v) is 10.2. The number of fused-ring (bicyclic) bond motifs is 1. The predicted octanol–water partition coefficient (Wildman–Crippen LogP) is 5.23. The van der Waals surface area contributed by atoms with Gasteiger partial charge in [0.05, 0.1) is 12.7 Å². The Morgan fingerprint density at radius 1 is 1.37 bits per heavy atom. The van der Waals surface area contributed by atoms with Gasteiger partial charge in [0.2, 0.25) is 0 Å². The molecule has 1 aliphatic rings. The number of rotatable bonds is 5. The molecule has 146 valence electrons. The van der Waals surface area contributed by atoms with E-state index in [0.717, 1.165) is 31.2 Å². The summed E-state index contributed by atoms with van der Waals surface area (Å²) in [5.41, 5.74) is 1.78. The summed E-state index contributed by atoms with van der Waals surface area (Å²) in [5, 5.41) is 3.42. The number of aryl methyl sites for hydroxylation is 1. The summed E-state index contributed by atoms with van der Waals surface area (Å²) in [6.45, 7) is 8.62. The Morgan fingerprint density at radius 3 is 2.70 bits per heavy atom. The average molecular weight is 390 g/mol. The van der Waals surface area contributed by atoms with E-state index in [-0.39, 0.29) is 17.1 Å². The minimum absolute atomic E-state index is 0.236. The average Bonchev–Trinajstić information content (AvgIpc) is 3.23. The summed E-state index contributed by atoms with van der Waals surface area (Å²) in [4.78, 5) is 26.1. The van der Waals surface area contributed by atoms with E-state index < -0.39 is 5.97 Å². The Balaban J connectivity index is 1.93. The highest BCUT2D eigenvalue weighted by atomic mass is 32.1. The number of amides is 1. The van der Waals surface area contributed by atoms with Crippen molar-refractivity contribution in [1.29, 1.82) is 0 Å². The van der Waals surface area contributed by atoms with Crippen LogP contribution in [0.5, 0.6) is 0 Å². The first-order chi connectivity index (χ1) is 12.8. The number of thiophene rings is 1. The van der Waals surface area contributed by atoms with Gasteiger partial charge >= 0.3 is 5.97 Å². The van der Waals surface area contributed by atoms with Crippen molar-refractivity contribution in [3.63, 3.8) is 0 Å². The van der Waals surface area contributed by atoms with E-state index in [2.05, 4.69) is 26.1 Å². The Hall–Kier alpha value is -2.08. The van der Waals surface area contributed by atoms with E-state index in [4.69, 9.17) is 9.15 Å². The number of esters is 1. The molecular weight excluding hydrogens is 362 g/mol. The lowest BCUT2D eigenvalue weighted by Crippen LogP contribution is -2.28. The van der Waals surface area contributed by atoms with Gasteiger partial charge in [0.15, 0.2) is 5.76 Å². The van der Waals surface area contributed by atoms with Crippen LogP contribution in [0.4, 0.5) is 5.00 Å². The maximum absolute atomic E-state index is 12.5. The molecule has 0 saturated carbocycles. The molecule has 0 aliphatic heterocycles. The molecule has 0 saturated heterocycles. The quantitative estimate of drug-likeness (QED) is 0.711. The molecular formula is C21H27NO4S. The van der Waals surface area contributed by atoms with Crippen molar-refractivity contribution in [1.82, 2.24) is 0 Å². The maximum Gasteiger partial charge on any atom is 0.341 e. The van der Waals surface area contributed by atoms with E-state index in [0.29, 0.717) is 22.2 Å². The van der Waals surface area contributed by atoms with E-state index in [9.17, 15) is 9.59 Å². The molecule has 3 rings (SSSR count). The molecule has 5 nitrogen and oxygen atoms in total. The van der Waals surface area contributed by atoms with Crippen LogP contribution in [0.2, 0.25) is 0 Å². The van der Waals surface area contributed by atoms with Crippen LogP contribution in [0.15, 0.2) is 16.5 Å². The van der Waals surface area contributed by atoms with Crippen LogP contribution in [-0.2, 0) is 17.6 Å². The summed E-state index contributed by atoms with van der Waals surface area (Å²) in [7, 11) is 1.37. The highest BCUT2D eigenvalue weighted by Crippen LogP contribution is 2.45. The monoisotopic (exact) mass is 389 g/mol. The number of hydrogen-bond donors (Lipinski definition) is 1. The Bertz CT molecular complexity index is 862. The number of carbonyl (C=O) groups is 2. The second kappa shape index (κ2) is 7.50. The van der Waals surface area contributed by atoms with Crippen molar-refractivity contribution in [2.45, 2.75) is 53.4 Å². The normalized spacial score (nSPS) is 16.7. The number of furan rings is 1. The molecule has 6 heteroatoms. The van der Waals surface area contributed by atoms with E-state index >= 15 is 0 Å². The Morgan fingerprint density at radius 2 is 2.11 bits per heavy atom. The minimum atomic E-state index is -0.397. The van der Waals surface area contributed by atoms with Crippen molar-refractivity contribution >= 4 is 28.2 Å². The lowest BCUT2D eigenvalue weighted by Gasteiger charge is -2.36. The van der Waals surface area contributed by atoms with E-state index in [1.54, 1.807) is 19.1 Å². The summed E-state index contributed by atoms with van der Waals surface area (Å²) < 4.78 is 10.4. The smallest absolute Gasteiger partial charge is 0.341 e. The molecule has 0 radical (unpaired) electrons. The van der Waals surface area contributed by atoms with Crippen LogP contribution in [0.1, 0.15) is 70.7 Å². The van der Waals surface area contributed by atoms with Gasteiger partial charge in [-0.15, -0.1) is 11.3 Å². The van der Waals surface area contributed by atoms with Gasteiger partial charge in [-0.25, -0.2) is 4.79 Å². The van der Waals surface area contributed by atoms with Gasteiger partial charge in [-0.3, -0.25) is 4.79 Å². The van der Waals surface area contributed by atoms with Crippen LogP contribution in [0.3, 0.4) is 0 Å². The van der Waals surface area contributed by atoms with Crippen molar-refractivity contribution in [2.24, 2.45) is 11.3 Å². The molecule has 1 atom stereocenters. The van der Waals surface area contributed by atoms with Crippen LogP contribution in [-0.4, -0.2) is 19.0 Å². The highest BCUT2D eigenvalue weighted by Gasteiger charge is 2.35. The highest BCUT2D eigenvalue weighted by molar-refractivity contribution is 7.17. The minimum Gasteiger partial charge on any atom is -0.465 e. The largest absolute Gasteiger partial charge is 0.465 e. The summed E-state index contributed by atoms with van der Waals surface area (Å²) in [5.74, 6) is 0.725. The predicted molar refractivity (Wildman–Crippen MR) is 107 cm³/mol. The third-order valence-corrected chi connectivity index (χ3v) is 7.03. The summed E-state index contributed by atoms with van der Waals surface area (Å²) >= 11 is 1.49. The van der Waals surface area contributed by atoms with E-state index in [1.807, 2.05) is 0 Å². The van der Waals surface area contributed by atoms with Crippen LogP contribution in [0.25, 0.3) is 0 Å². The zero-order chi connectivity index (χ0) is 19.8. The van der Waals surface area contributed by atoms with Crippen molar-refractivity contribution in [3.05, 3.63) is 39.7 Å².